The number of hydrogen-bond acceptors (Lipinski definition) is 7. The monoisotopic (exact) mass is 461 g/mol. The predicted molar refractivity (Wildman–Crippen MR) is 132 cm³/mol. The second-order valence-electron chi connectivity index (χ2n) is 9.16. The Balaban J connectivity index is 1.57. The first-order valence-corrected chi connectivity index (χ1v) is 11.4. The molecule has 0 radical (unpaired) electrons. The second kappa shape index (κ2) is 8.66. The molecule has 1 fully saturated rings. The summed E-state index contributed by atoms with van der Waals surface area (Å²) >= 11 is 0. The molecule has 0 amide bonds. The van der Waals surface area contributed by atoms with Crippen molar-refractivity contribution in [1.29, 1.82) is 0 Å². The average Bonchev–Trinajstić information content (AvgIpc) is 3.24. The van der Waals surface area contributed by atoms with E-state index in [0.29, 0.717) is 24.7 Å². The fraction of sp³-hybridized carbons (Fsp3) is 0.320. The number of fused-ring (bicyclic) bond motifs is 1. The highest BCUT2D eigenvalue weighted by molar-refractivity contribution is 6.01. The molecule has 1 aliphatic heterocycles. The van der Waals surface area contributed by atoms with Crippen molar-refractivity contribution < 1.29 is 9.50 Å². The van der Waals surface area contributed by atoms with Crippen LogP contribution in [0.15, 0.2) is 48.9 Å². The molecule has 1 saturated heterocycles. The van der Waals surface area contributed by atoms with Crippen LogP contribution in [0.3, 0.4) is 0 Å². The van der Waals surface area contributed by atoms with E-state index in [0.717, 1.165) is 40.1 Å². The van der Waals surface area contributed by atoms with Gasteiger partial charge in [0.05, 0.1) is 23.3 Å². The summed E-state index contributed by atoms with van der Waals surface area (Å²) in [6, 6.07) is 8.08. The van der Waals surface area contributed by atoms with Gasteiger partial charge >= 0.3 is 0 Å². The van der Waals surface area contributed by atoms with Crippen LogP contribution in [-0.2, 0) is 0 Å². The predicted octanol–water partition coefficient (Wildman–Crippen LogP) is 4.14. The minimum atomic E-state index is -0.973. The van der Waals surface area contributed by atoms with Crippen LogP contribution < -0.4 is 15.5 Å². The molecular formula is C25H28FN7O. The summed E-state index contributed by atoms with van der Waals surface area (Å²) in [5.74, 6) is 1.10. The maximum atomic E-state index is 13.4. The molecule has 0 unspecified atom stereocenters. The Labute approximate surface area is 197 Å². The quantitative estimate of drug-likeness (QED) is 0.354. The largest absolute Gasteiger partial charge is 0.374 e. The molecule has 1 aliphatic rings. The Bertz CT molecular complexity index is 1320. The van der Waals surface area contributed by atoms with E-state index in [4.69, 9.17) is 4.98 Å². The molecule has 9 heteroatoms. The number of benzene rings is 1. The summed E-state index contributed by atoms with van der Waals surface area (Å²) in [4.78, 5) is 19.2. The van der Waals surface area contributed by atoms with E-state index in [1.807, 2.05) is 18.5 Å². The number of β-amino-alcohol motifs (C(OH)–C–C–N with tert-alkyl or cyclic N) is 1. The number of H-pyrrole nitrogens is 1. The molecule has 4 aromatic rings. The fourth-order valence-electron chi connectivity index (χ4n) is 4.34. The average molecular weight is 462 g/mol. The van der Waals surface area contributed by atoms with Crippen molar-refractivity contribution in [3.63, 3.8) is 0 Å². The van der Waals surface area contributed by atoms with Crippen LogP contribution in [0.1, 0.15) is 32.3 Å². The fourth-order valence-corrected chi connectivity index (χ4v) is 4.34. The zero-order valence-corrected chi connectivity index (χ0v) is 19.4. The van der Waals surface area contributed by atoms with Gasteiger partial charge in [0.15, 0.2) is 5.82 Å². The number of halogens is 1. The molecule has 176 valence electrons. The van der Waals surface area contributed by atoms with E-state index >= 15 is 0 Å². The van der Waals surface area contributed by atoms with Gasteiger partial charge in [-0.1, -0.05) is 13.8 Å². The van der Waals surface area contributed by atoms with Gasteiger partial charge in [-0.2, -0.15) is 0 Å². The Hall–Kier alpha value is -3.56. The molecule has 0 saturated carbocycles. The molecule has 3 aromatic heterocycles. The first-order chi connectivity index (χ1) is 16.3. The molecule has 5 rings (SSSR count). The van der Waals surface area contributed by atoms with E-state index in [1.165, 1.54) is 12.1 Å². The lowest BCUT2D eigenvalue weighted by molar-refractivity contribution is 0.0214. The number of anilines is 3. The summed E-state index contributed by atoms with van der Waals surface area (Å²) in [5, 5.41) is 18.1. The number of aromatic nitrogens is 4. The highest BCUT2D eigenvalue weighted by Crippen LogP contribution is 2.36. The summed E-state index contributed by atoms with van der Waals surface area (Å²) in [6.07, 6.45) is 5.50. The number of aromatic amines is 1. The van der Waals surface area contributed by atoms with Crippen LogP contribution in [0.25, 0.3) is 22.4 Å². The first-order valence-electron chi connectivity index (χ1n) is 11.4. The van der Waals surface area contributed by atoms with Gasteiger partial charge < -0.3 is 20.3 Å². The Morgan fingerprint density at radius 1 is 1.18 bits per heavy atom. The highest BCUT2D eigenvalue weighted by Gasteiger charge is 2.29. The third kappa shape index (κ3) is 4.32. The summed E-state index contributed by atoms with van der Waals surface area (Å²) < 4.78 is 13.4. The Kier molecular flexibility index (Phi) is 5.66. The molecule has 1 atom stereocenters. The minimum absolute atomic E-state index is 0.191. The Morgan fingerprint density at radius 2 is 1.97 bits per heavy atom. The lowest BCUT2D eigenvalue weighted by atomic mass is 10.1. The zero-order chi connectivity index (χ0) is 23.9. The van der Waals surface area contributed by atoms with E-state index in [9.17, 15) is 9.50 Å². The van der Waals surface area contributed by atoms with E-state index in [1.54, 1.807) is 25.3 Å². The minimum Gasteiger partial charge on any atom is -0.374 e. The van der Waals surface area contributed by atoms with E-state index < -0.39 is 5.72 Å². The summed E-state index contributed by atoms with van der Waals surface area (Å²) in [7, 11) is 0. The van der Waals surface area contributed by atoms with Crippen LogP contribution in [0.2, 0.25) is 0 Å². The second-order valence-corrected chi connectivity index (χ2v) is 9.16. The Morgan fingerprint density at radius 3 is 2.71 bits per heavy atom. The molecule has 0 bridgehead atoms. The molecule has 4 heterocycles. The number of hydrogen-bond donors (Lipinski definition) is 4. The lowest BCUT2D eigenvalue weighted by Gasteiger charge is -2.38. The number of pyridine rings is 1. The third-order valence-electron chi connectivity index (χ3n) is 6.07. The zero-order valence-electron chi connectivity index (χ0n) is 19.4. The van der Waals surface area contributed by atoms with Crippen LogP contribution in [-0.4, -0.2) is 50.4 Å². The van der Waals surface area contributed by atoms with Crippen molar-refractivity contribution in [2.75, 3.05) is 29.9 Å². The topological polar surface area (TPSA) is 102 Å². The summed E-state index contributed by atoms with van der Waals surface area (Å²) in [5.41, 5.74) is 3.30. The van der Waals surface area contributed by atoms with Crippen molar-refractivity contribution >= 4 is 28.2 Å². The van der Waals surface area contributed by atoms with Gasteiger partial charge in [-0.15, -0.1) is 0 Å². The smallest absolute Gasteiger partial charge is 0.161 e. The van der Waals surface area contributed by atoms with Crippen molar-refractivity contribution in [2.45, 2.75) is 32.4 Å². The van der Waals surface area contributed by atoms with E-state index in [-0.39, 0.29) is 11.7 Å². The maximum Gasteiger partial charge on any atom is 0.161 e. The highest BCUT2D eigenvalue weighted by atomic mass is 19.1. The molecule has 0 aliphatic carbocycles. The number of piperazine rings is 1. The lowest BCUT2D eigenvalue weighted by Crippen LogP contribution is -2.58. The van der Waals surface area contributed by atoms with Crippen LogP contribution >= 0.6 is 0 Å². The summed E-state index contributed by atoms with van der Waals surface area (Å²) in [6.45, 7) is 7.85. The SMILES string of the molecule is CC(C)c1cnc(-c2ccc(F)cc2)nc1Nc1ccnc2[nH]cc(N3CCN[C@@](C)(O)C3)c12. The van der Waals surface area contributed by atoms with Crippen LogP contribution in [0.5, 0.6) is 0 Å². The maximum absolute atomic E-state index is 13.4. The molecule has 4 N–H and O–H groups in total. The molecule has 34 heavy (non-hydrogen) atoms. The number of aliphatic hydroxyl groups is 1. The van der Waals surface area contributed by atoms with Crippen molar-refractivity contribution in [1.82, 2.24) is 25.3 Å². The van der Waals surface area contributed by atoms with Gasteiger partial charge in [0.25, 0.3) is 0 Å². The number of nitrogens with one attached hydrogen (secondary N) is 3. The van der Waals surface area contributed by atoms with Crippen molar-refractivity contribution in [3.05, 3.63) is 60.3 Å². The van der Waals surface area contributed by atoms with Crippen LogP contribution in [0.4, 0.5) is 21.6 Å². The van der Waals surface area contributed by atoms with Gasteiger partial charge in [0.1, 0.15) is 23.0 Å². The standard InChI is InChI=1S/C25H28FN7O/c1-15(2)18-12-28-22(16-4-6-17(26)7-5-16)32-23(18)31-19-8-9-27-24-21(19)20(13-29-24)33-11-10-30-25(3,34)14-33/h4-9,12-13,15,30,34H,10-11,14H2,1-3H3,(H2,27,28,29,31,32)/t25-/m0/s1. The molecular weight excluding hydrogens is 433 g/mol. The first kappa shape index (κ1) is 22.2. The van der Waals surface area contributed by atoms with E-state index in [2.05, 4.69) is 44.3 Å². The van der Waals surface area contributed by atoms with Crippen molar-refractivity contribution in [3.8, 4) is 11.4 Å². The molecule has 0 spiro atoms. The van der Waals surface area contributed by atoms with Crippen molar-refractivity contribution in [2.24, 2.45) is 0 Å². The molecule has 1 aromatic carbocycles. The van der Waals surface area contributed by atoms with Gasteiger partial charge in [0.2, 0.25) is 0 Å². The third-order valence-corrected chi connectivity index (χ3v) is 6.07. The van der Waals surface area contributed by atoms with Gasteiger partial charge in [-0.3, -0.25) is 5.32 Å². The number of rotatable bonds is 5. The number of nitrogens with zero attached hydrogens (tertiary/aromatic N) is 4. The van der Waals surface area contributed by atoms with Gasteiger partial charge in [-0.05, 0) is 43.2 Å². The van der Waals surface area contributed by atoms with Gasteiger partial charge in [-0.25, -0.2) is 19.3 Å². The molecule has 8 nitrogen and oxygen atoms in total. The van der Waals surface area contributed by atoms with Crippen LogP contribution in [0, 0.1) is 5.82 Å². The van der Waals surface area contributed by atoms with Gasteiger partial charge in [0, 0.05) is 42.8 Å². The normalized spacial score (nSPS) is 18.6.